The first-order valence-corrected chi connectivity index (χ1v) is 7.64. The number of rotatable bonds is 4. The zero-order valence-corrected chi connectivity index (χ0v) is 12.8. The average Bonchev–Trinajstić information content (AvgIpc) is 2.83. The van der Waals surface area contributed by atoms with E-state index in [1.165, 1.54) is 24.2 Å². The van der Waals surface area contributed by atoms with E-state index in [1.54, 1.807) is 7.11 Å². The molecule has 1 aromatic heterocycles. The minimum atomic E-state index is -0.0833. The maximum absolute atomic E-state index is 6.44. The standard InChI is InChI=1S/C17H23N3O/c1-12-19-15-8-4-5-9-16(15)20(12)11-14(18)13-7-3-6-10-17(13)21-2/h3,6-7,10,14H,4-5,8-9,11,18H2,1-2H3. The van der Waals surface area contributed by atoms with Gasteiger partial charge in [0, 0.05) is 17.8 Å². The highest BCUT2D eigenvalue weighted by atomic mass is 16.5. The van der Waals surface area contributed by atoms with Crippen LogP contribution in [0, 0.1) is 6.92 Å². The number of fused-ring (bicyclic) bond motifs is 1. The second-order valence-electron chi connectivity index (χ2n) is 5.72. The van der Waals surface area contributed by atoms with Crippen LogP contribution in [0.4, 0.5) is 0 Å². The molecule has 1 unspecified atom stereocenters. The molecule has 0 amide bonds. The molecule has 112 valence electrons. The number of para-hydroxylation sites is 1. The highest BCUT2D eigenvalue weighted by Gasteiger charge is 2.20. The van der Waals surface area contributed by atoms with Crippen molar-refractivity contribution in [3.05, 3.63) is 47.0 Å². The summed E-state index contributed by atoms with van der Waals surface area (Å²) in [7, 11) is 1.69. The van der Waals surface area contributed by atoms with E-state index in [-0.39, 0.29) is 6.04 Å². The van der Waals surface area contributed by atoms with E-state index in [1.807, 2.05) is 24.3 Å². The molecule has 1 aliphatic carbocycles. The number of nitrogens with two attached hydrogens (primary N) is 1. The van der Waals surface area contributed by atoms with Gasteiger partial charge in [-0.2, -0.15) is 0 Å². The van der Waals surface area contributed by atoms with Crippen LogP contribution in [0.3, 0.4) is 0 Å². The molecule has 0 bridgehead atoms. The second-order valence-corrected chi connectivity index (χ2v) is 5.72. The van der Waals surface area contributed by atoms with Gasteiger partial charge in [0.15, 0.2) is 0 Å². The fourth-order valence-electron chi connectivity index (χ4n) is 3.25. The van der Waals surface area contributed by atoms with Gasteiger partial charge in [0.1, 0.15) is 11.6 Å². The topological polar surface area (TPSA) is 53.1 Å². The van der Waals surface area contributed by atoms with Crippen molar-refractivity contribution in [3.8, 4) is 5.75 Å². The lowest BCUT2D eigenvalue weighted by molar-refractivity contribution is 0.401. The predicted octanol–water partition coefficient (Wildman–Crippen LogP) is 2.78. The maximum Gasteiger partial charge on any atom is 0.123 e. The Morgan fingerprint density at radius 3 is 2.86 bits per heavy atom. The molecule has 0 saturated carbocycles. The third-order valence-electron chi connectivity index (χ3n) is 4.34. The monoisotopic (exact) mass is 285 g/mol. The van der Waals surface area contributed by atoms with E-state index >= 15 is 0 Å². The van der Waals surface area contributed by atoms with Gasteiger partial charge in [-0.05, 0) is 38.7 Å². The number of ether oxygens (including phenoxy) is 1. The smallest absolute Gasteiger partial charge is 0.123 e. The third-order valence-corrected chi connectivity index (χ3v) is 4.34. The summed E-state index contributed by atoms with van der Waals surface area (Å²) >= 11 is 0. The van der Waals surface area contributed by atoms with Crippen molar-refractivity contribution in [2.75, 3.05) is 7.11 Å². The molecule has 0 radical (unpaired) electrons. The molecular weight excluding hydrogens is 262 g/mol. The van der Waals surface area contributed by atoms with Crippen molar-refractivity contribution in [1.82, 2.24) is 9.55 Å². The summed E-state index contributed by atoms with van der Waals surface area (Å²) < 4.78 is 7.72. The minimum Gasteiger partial charge on any atom is -0.496 e. The lowest BCUT2D eigenvalue weighted by Gasteiger charge is -2.20. The number of nitrogens with zero attached hydrogens (tertiary/aromatic N) is 2. The van der Waals surface area contributed by atoms with Crippen molar-refractivity contribution in [2.24, 2.45) is 5.73 Å². The van der Waals surface area contributed by atoms with Crippen molar-refractivity contribution in [2.45, 2.75) is 45.2 Å². The summed E-state index contributed by atoms with van der Waals surface area (Å²) in [5.74, 6) is 1.93. The lowest BCUT2D eigenvalue weighted by atomic mass is 10.0. The van der Waals surface area contributed by atoms with Gasteiger partial charge < -0.3 is 15.0 Å². The van der Waals surface area contributed by atoms with Crippen LogP contribution in [0.25, 0.3) is 0 Å². The summed E-state index contributed by atoms with van der Waals surface area (Å²) in [5, 5.41) is 0. The van der Waals surface area contributed by atoms with Gasteiger partial charge >= 0.3 is 0 Å². The van der Waals surface area contributed by atoms with Gasteiger partial charge in [-0.15, -0.1) is 0 Å². The highest BCUT2D eigenvalue weighted by Crippen LogP contribution is 2.27. The van der Waals surface area contributed by atoms with Crippen molar-refractivity contribution < 1.29 is 4.74 Å². The number of imidazole rings is 1. The summed E-state index contributed by atoms with van der Waals surface area (Å²) in [6.45, 7) is 2.84. The number of aromatic nitrogens is 2. The Labute approximate surface area is 125 Å². The van der Waals surface area contributed by atoms with Gasteiger partial charge in [-0.3, -0.25) is 0 Å². The first kappa shape index (κ1) is 14.1. The Morgan fingerprint density at radius 1 is 1.29 bits per heavy atom. The normalized spacial score (nSPS) is 15.6. The van der Waals surface area contributed by atoms with Crippen molar-refractivity contribution >= 4 is 0 Å². The van der Waals surface area contributed by atoms with Gasteiger partial charge in [-0.1, -0.05) is 18.2 Å². The Kier molecular flexibility index (Phi) is 3.97. The van der Waals surface area contributed by atoms with E-state index < -0.39 is 0 Å². The Morgan fingerprint density at radius 2 is 2.05 bits per heavy atom. The molecule has 21 heavy (non-hydrogen) atoms. The molecule has 3 rings (SSSR count). The first-order valence-electron chi connectivity index (χ1n) is 7.64. The average molecular weight is 285 g/mol. The summed E-state index contributed by atoms with van der Waals surface area (Å²) in [5.41, 5.74) is 10.1. The molecule has 0 fully saturated rings. The van der Waals surface area contributed by atoms with E-state index in [0.29, 0.717) is 0 Å². The molecule has 1 aromatic carbocycles. The summed E-state index contributed by atoms with van der Waals surface area (Å²) in [6, 6.07) is 7.90. The van der Waals surface area contributed by atoms with Crippen LogP contribution in [0.2, 0.25) is 0 Å². The number of aryl methyl sites for hydroxylation is 2. The predicted molar refractivity (Wildman–Crippen MR) is 83.5 cm³/mol. The molecule has 0 saturated heterocycles. The number of hydrogen-bond acceptors (Lipinski definition) is 3. The zero-order chi connectivity index (χ0) is 14.8. The molecule has 4 heteroatoms. The lowest BCUT2D eigenvalue weighted by Crippen LogP contribution is -2.21. The fraction of sp³-hybridized carbons (Fsp3) is 0.471. The van der Waals surface area contributed by atoms with Crippen LogP contribution in [0.15, 0.2) is 24.3 Å². The Bertz CT molecular complexity index is 633. The van der Waals surface area contributed by atoms with Gasteiger partial charge in [0.25, 0.3) is 0 Å². The highest BCUT2D eigenvalue weighted by molar-refractivity contribution is 5.35. The van der Waals surface area contributed by atoms with Crippen LogP contribution >= 0.6 is 0 Å². The Balaban J connectivity index is 1.88. The van der Waals surface area contributed by atoms with E-state index in [9.17, 15) is 0 Å². The second kappa shape index (κ2) is 5.90. The van der Waals surface area contributed by atoms with Crippen LogP contribution < -0.4 is 10.5 Å². The number of methoxy groups -OCH3 is 1. The van der Waals surface area contributed by atoms with Crippen molar-refractivity contribution in [1.29, 1.82) is 0 Å². The maximum atomic E-state index is 6.44. The molecule has 2 N–H and O–H groups in total. The fourth-order valence-corrected chi connectivity index (χ4v) is 3.25. The quantitative estimate of drug-likeness (QED) is 0.939. The zero-order valence-electron chi connectivity index (χ0n) is 12.8. The molecule has 1 atom stereocenters. The first-order chi connectivity index (χ1) is 10.2. The molecule has 0 aliphatic heterocycles. The van der Waals surface area contributed by atoms with E-state index in [4.69, 9.17) is 15.5 Å². The molecule has 0 spiro atoms. The largest absolute Gasteiger partial charge is 0.496 e. The van der Waals surface area contributed by atoms with Crippen LogP contribution in [-0.2, 0) is 19.4 Å². The number of benzene rings is 1. The van der Waals surface area contributed by atoms with Crippen LogP contribution in [-0.4, -0.2) is 16.7 Å². The van der Waals surface area contributed by atoms with E-state index in [2.05, 4.69) is 11.5 Å². The van der Waals surface area contributed by atoms with Crippen LogP contribution in [0.1, 0.15) is 41.7 Å². The molecular formula is C17H23N3O. The molecule has 1 heterocycles. The molecule has 1 aliphatic rings. The molecule has 4 nitrogen and oxygen atoms in total. The molecule has 2 aromatic rings. The third kappa shape index (κ3) is 2.68. The van der Waals surface area contributed by atoms with Gasteiger partial charge in [0.2, 0.25) is 0 Å². The van der Waals surface area contributed by atoms with E-state index in [0.717, 1.165) is 36.5 Å². The summed E-state index contributed by atoms with van der Waals surface area (Å²) in [6.07, 6.45) is 4.73. The minimum absolute atomic E-state index is 0.0833. The number of hydrogen-bond donors (Lipinski definition) is 1. The Hall–Kier alpha value is -1.81. The van der Waals surface area contributed by atoms with Gasteiger partial charge in [0.05, 0.1) is 18.8 Å². The van der Waals surface area contributed by atoms with Crippen molar-refractivity contribution in [3.63, 3.8) is 0 Å². The van der Waals surface area contributed by atoms with Crippen LogP contribution in [0.5, 0.6) is 5.75 Å². The van der Waals surface area contributed by atoms with Gasteiger partial charge in [-0.25, -0.2) is 4.98 Å². The summed E-state index contributed by atoms with van der Waals surface area (Å²) in [4.78, 5) is 4.72. The SMILES string of the molecule is COc1ccccc1C(N)Cn1c(C)nc2c1CCCC2.